The molecular formula is C21H22F4. The van der Waals surface area contributed by atoms with Gasteiger partial charge in [-0.15, -0.1) is 0 Å². The zero-order chi connectivity index (χ0) is 18.0. The van der Waals surface area contributed by atoms with Gasteiger partial charge in [0.1, 0.15) is 23.3 Å². The van der Waals surface area contributed by atoms with Crippen LogP contribution >= 0.6 is 0 Å². The van der Waals surface area contributed by atoms with Gasteiger partial charge in [-0.1, -0.05) is 32.6 Å². The number of benzene rings is 2. The first kappa shape index (κ1) is 18.0. The third-order valence-corrected chi connectivity index (χ3v) is 5.23. The fraction of sp³-hybridized carbons (Fsp3) is 0.429. The fourth-order valence-corrected chi connectivity index (χ4v) is 3.73. The Morgan fingerprint density at radius 3 is 1.92 bits per heavy atom. The maximum Gasteiger partial charge on any atom is 0.134 e. The molecule has 2 aromatic carbocycles. The minimum atomic E-state index is -0.857. The molecule has 0 amide bonds. The summed E-state index contributed by atoms with van der Waals surface area (Å²) in [6, 6.07) is 5.12. The number of hydrogen-bond acceptors (Lipinski definition) is 0. The predicted octanol–water partition coefficient (Wildman–Crippen LogP) is 6.67. The van der Waals surface area contributed by atoms with Crippen LogP contribution < -0.4 is 0 Å². The van der Waals surface area contributed by atoms with Crippen LogP contribution in [0.25, 0.3) is 11.1 Å². The number of hydrogen-bond donors (Lipinski definition) is 0. The van der Waals surface area contributed by atoms with Crippen LogP contribution in [0.2, 0.25) is 0 Å². The van der Waals surface area contributed by atoms with E-state index in [1.165, 1.54) is 37.8 Å². The van der Waals surface area contributed by atoms with E-state index in [1.807, 2.05) is 0 Å². The van der Waals surface area contributed by atoms with Crippen LogP contribution in [0.4, 0.5) is 17.6 Å². The molecule has 0 N–H and O–H groups in total. The molecule has 0 bridgehead atoms. The smallest absolute Gasteiger partial charge is 0.134 e. The third-order valence-electron chi connectivity index (χ3n) is 5.23. The van der Waals surface area contributed by atoms with E-state index in [2.05, 4.69) is 6.92 Å². The van der Waals surface area contributed by atoms with Crippen molar-refractivity contribution in [1.29, 1.82) is 0 Å². The molecule has 1 saturated carbocycles. The Labute approximate surface area is 145 Å². The Morgan fingerprint density at radius 2 is 1.36 bits per heavy atom. The molecule has 0 atom stereocenters. The second-order valence-electron chi connectivity index (χ2n) is 7.26. The van der Waals surface area contributed by atoms with Gasteiger partial charge in [-0.05, 0) is 60.1 Å². The summed E-state index contributed by atoms with van der Waals surface area (Å²) in [5.74, 6) is -1.89. The monoisotopic (exact) mass is 350 g/mol. The second-order valence-corrected chi connectivity index (χ2v) is 7.26. The van der Waals surface area contributed by atoms with Crippen LogP contribution in [0.3, 0.4) is 0 Å². The lowest BCUT2D eigenvalue weighted by Crippen LogP contribution is -2.13. The van der Waals surface area contributed by atoms with Crippen molar-refractivity contribution in [2.45, 2.75) is 45.4 Å². The summed E-state index contributed by atoms with van der Waals surface area (Å²) >= 11 is 0. The van der Waals surface area contributed by atoms with Crippen LogP contribution in [-0.4, -0.2) is 0 Å². The summed E-state index contributed by atoms with van der Waals surface area (Å²) in [4.78, 5) is 0. The van der Waals surface area contributed by atoms with Gasteiger partial charge in [-0.25, -0.2) is 17.6 Å². The molecule has 0 spiro atoms. The summed E-state index contributed by atoms with van der Waals surface area (Å²) in [6.45, 7) is 2.26. The first-order valence-corrected chi connectivity index (χ1v) is 8.86. The highest BCUT2D eigenvalue weighted by Gasteiger charge is 2.19. The van der Waals surface area contributed by atoms with E-state index >= 15 is 0 Å². The van der Waals surface area contributed by atoms with E-state index in [1.54, 1.807) is 0 Å². The lowest BCUT2D eigenvalue weighted by Gasteiger charge is -2.26. The molecule has 25 heavy (non-hydrogen) atoms. The number of rotatable bonds is 4. The van der Waals surface area contributed by atoms with E-state index in [0.29, 0.717) is 24.0 Å². The molecule has 1 aliphatic carbocycles. The van der Waals surface area contributed by atoms with Crippen molar-refractivity contribution in [1.82, 2.24) is 0 Å². The highest BCUT2D eigenvalue weighted by atomic mass is 19.1. The first-order valence-electron chi connectivity index (χ1n) is 8.86. The maximum atomic E-state index is 14.4. The minimum absolute atomic E-state index is 0.125. The van der Waals surface area contributed by atoms with Crippen LogP contribution in [0, 0.1) is 35.1 Å². The summed E-state index contributed by atoms with van der Waals surface area (Å²) < 4.78 is 55.4. The Bertz CT molecular complexity index is 702. The zero-order valence-corrected chi connectivity index (χ0v) is 14.3. The maximum absolute atomic E-state index is 14.4. The minimum Gasteiger partial charge on any atom is -0.207 e. The Kier molecular flexibility index (Phi) is 5.45. The van der Waals surface area contributed by atoms with E-state index in [0.717, 1.165) is 24.5 Å². The van der Waals surface area contributed by atoms with Crippen molar-refractivity contribution in [2.24, 2.45) is 11.8 Å². The molecule has 1 aliphatic rings. The van der Waals surface area contributed by atoms with Crippen molar-refractivity contribution in [3.05, 3.63) is 59.2 Å². The van der Waals surface area contributed by atoms with Crippen molar-refractivity contribution >= 4 is 0 Å². The summed E-state index contributed by atoms with van der Waals surface area (Å²) in [5.41, 5.74) is 0.0863. The molecular weight excluding hydrogens is 328 g/mol. The number of aryl methyl sites for hydroxylation is 1. The van der Waals surface area contributed by atoms with Gasteiger partial charge in [0.15, 0.2) is 0 Å². The van der Waals surface area contributed by atoms with Gasteiger partial charge in [-0.2, -0.15) is 0 Å². The van der Waals surface area contributed by atoms with Gasteiger partial charge in [0.25, 0.3) is 0 Å². The number of halogens is 4. The topological polar surface area (TPSA) is 0 Å². The molecule has 3 rings (SSSR count). The van der Waals surface area contributed by atoms with E-state index in [-0.39, 0.29) is 11.1 Å². The van der Waals surface area contributed by atoms with Gasteiger partial charge >= 0.3 is 0 Å². The normalized spacial score (nSPS) is 20.7. The molecule has 0 radical (unpaired) electrons. The summed E-state index contributed by atoms with van der Waals surface area (Å²) in [7, 11) is 0. The van der Waals surface area contributed by atoms with Crippen LogP contribution in [-0.2, 0) is 6.42 Å². The average Bonchev–Trinajstić information content (AvgIpc) is 2.53. The molecule has 0 unspecified atom stereocenters. The van der Waals surface area contributed by atoms with Gasteiger partial charge in [0, 0.05) is 6.07 Å². The molecule has 2 aromatic rings. The van der Waals surface area contributed by atoms with Crippen LogP contribution in [0.15, 0.2) is 30.3 Å². The summed E-state index contributed by atoms with van der Waals surface area (Å²) in [5, 5.41) is 0. The Morgan fingerprint density at radius 1 is 0.800 bits per heavy atom. The standard InChI is InChI=1S/C21H22F4/c1-13-2-4-14(5-3-13)6-7-15-8-19(24)21(20(25)9-15)16-10-17(22)12-18(23)11-16/h8-14H,2-7H2,1H3. The van der Waals surface area contributed by atoms with E-state index < -0.39 is 23.3 Å². The summed E-state index contributed by atoms with van der Waals surface area (Å²) in [6.07, 6.45) is 6.32. The average molecular weight is 350 g/mol. The highest BCUT2D eigenvalue weighted by Crippen LogP contribution is 2.33. The predicted molar refractivity (Wildman–Crippen MR) is 91.2 cm³/mol. The van der Waals surface area contributed by atoms with Crippen molar-refractivity contribution < 1.29 is 17.6 Å². The van der Waals surface area contributed by atoms with Crippen LogP contribution in [0.5, 0.6) is 0 Å². The molecule has 1 fully saturated rings. The lowest BCUT2D eigenvalue weighted by atomic mass is 9.80. The van der Waals surface area contributed by atoms with E-state index in [4.69, 9.17) is 0 Å². The molecule has 4 heteroatoms. The molecule has 0 heterocycles. The first-order chi connectivity index (χ1) is 11.9. The SMILES string of the molecule is CC1CCC(CCc2cc(F)c(-c3cc(F)cc(F)c3)c(F)c2)CC1. The van der Waals surface area contributed by atoms with Crippen molar-refractivity contribution in [2.75, 3.05) is 0 Å². The van der Waals surface area contributed by atoms with Gasteiger partial charge in [0.05, 0.1) is 5.56 Å². The second kappa shape index (κ2) is 7.59. The van der Waals surface area contributed by atoms with E-state index in [9.17, 15) is 17.6 Å². The molecule has 134 valence electrons. The Balaban J connectivity index is 1.76. The molecule has 0 saturated heterocycles. The van der Waals surface area contributed by atoms with Gasteiger partial charge in [-0.3, -0.25) is 0 Å². The van der Waals surface area contributed by atoms with Crippen molar-refractivity contribution in [3.8, 4) is 11.1 Å². The molecule has 0 aliphatic heterocycles. The highest BCUT2D eigenvalue weighted by molar-refractivity contribution is 5.65. The molecule has 0 aromatic heterocycles. The van der Waals surface area contributed by atoms with Gasteiger partial charge < -0.3 is 0 Å². The lowest BCUT2D eigenvalue weighted by molar-refractivity contribution is 0.277. The Hall–Kier alpha value is -1.84. The molecule has 0 nitrogen and oxygen atoms in total. The van der Waals surface area contributed by atoms with Gasteiger partial charge in [0.2, 0.25) is 0 Å². The van der Waals surface area contributed by atoms with Crippen LogP contribution in [0.1, 0.15) is 44.6 Å². The van der Waals surface area contributed by atoms with Crippen molar-refractivity contribution in [3.63, 3.8) is 0 Å². The fourth-order valence-electron chi connectivity index (χ4n) is 3.73. The third kappa shape index (κ3) is 4.42. The largest absolute Gasteiger partial charge is 0.207 e. The zero-order valence-electron chi connectivity index (χ0n) is 14.3. The quantitative estimate of drug-likeness (QED) is 0.540.